The molecule has 1 aliphatic carbocycles. The van der Waals surface area contributed by atoms with Gasteiger partial charge in [-0.3, -0.25) is 0 Å². The molecule has 0 spiro atoms. The Kier molecular flexibility index (Phi) is 4.40. The quantitative estimate of drug-likeness (QED) is 0.469. The van der Waals surface area contributed by atoms with Crippen LogP contribution in [-0.4, -0.2) is 31.1 Å². The van der Waals surface area contributed by atoms with Crippen LogP contribution in [-0.2, 0) is 12.8 Å². The predicted octanol–water partition coefficient (Wildman–Crippen LogP) is 4.90. The molecular formula is C25H28N6. The van der Waals surface area contributed by atoms with Crippen molar-refractivity contribution in [2.24, 2.45) is 0 Å². The van der Waals surface area contributed by atoms with Crippen molar-refractivity contribution in [2.45, 2.75) is 64.8 Å². The number of rotatable bonds is 2. The molecule has 1 atom stereocenters. The molecule has 0 saturated carbocycles. The number of nitrogens with zero attached hydrogens (tertiary/aromatic N) is 6. The van der Waals surface area contributed by atoms with Crippen molar-refractivity contribution in [1.82, 2.24) is 24.6 Å². The van der Waals surface area contributed by atoms with Crippen LogP contribution in [0.15, 0.2) is 30.6 Å². The lowest BCUT2D eigenvalue weighted by atomic mass is 9.95. The van der Waals surface area contributed by atoms with Gasteiger partial charge in [-0.2, -0.15) is 5.10 Å². The lowest BCUT2D eigenvalue weighted by molar-refractivity contribution is 0.460. The number of piperidine rings is 1. The lowest BCUT2D eigenvalue weighted by Crippen LogP contribution is -2.34. The summed E-state index contributed by atoms with van der Waals surface area (Å²) in [5.74, 6) is 1.04. The average Bonchev–Trinajstić information content (AvgIpc) is 3.23. The summed E-state index contributed by atoms with van der Waals surface area (Å²) in [6, 6.07) is 8.73. The van der Waals surface area contributed by atoms with Crippen molar-refractivity contribution in [2.75, 3.05) is 11.4 Å². The second kappa shape index (κ2) is 7.29. The summed E-state index contributed by atoms with van der Waals surface area (Å²) >= 11 is 0. The van der Waals surface area contributed by atoms with Gasteiger partial charge in [0.15, 0.2) is 5.65 Å². The van der Waals surface area contributed by atoms with Crippen LogP contribution in [0, 0.1) is 13.8 Å². The van der Waals surface area contributed by atoms with E-state index in [1.165, 1.54) is 48.2 Å². The molecule has 6 rings (SSSR count). The molecule has 1 saturated heterocycles. The van der Waals surface area contributed by atoms with Crippen molar-refractivity contribution >= 4 is 22.4 Å². The third-order valence-corrected chi connectivity index (χ3v) is 7.09. The zero-order chi connectivity index (χ0) is 20.9. The molecule has 6 nitrogen and oxygen atoms in total. The zero-order valence-electron chi connectivity index (χ0n) is 18.3. The van der Waals surface area contributed by atoms with Crippen molar-refractivity contribution in [3.05, 3.63) is 58.8 Å². The molecule has 4 heterocycles. The molecule has 1 aromatic carbocycles. The summed E-state index contributed by atoms with van der Waals surface area (Å²) in [5, 5.41) is 6.30. The minimum atomic E-state index is 0.215. The van der Waals surface area contributed by atoms with Crippen LogP contribution in [0.3, 0.4) is 0 Å². The van der Waals surface area contributed by atoms with E-state index in [0.29, 0.717) is 0 Å². The van der Waals surface area contributed by atoms with E-state index in [0.717, 1.165) is 53.9 Å². The molecule has 1 fully saturated rings. The van der Waals surface area contributed by atoms with Gasteiger partial charge in [0.1, 0.15) is 12.1 Å². The van der Waals surface area contributed by atoms with Gasteiger partial charge in [0.05, 0.1) is 17.3 Å². The Morgan fingerprint density at radius 3 is 2.84 bits per heavy atom. The smallest absolute Gasteiger partial charge is 0.155 e. The molecule has 158 valence electrons. The minimum absolute atomic E-state index is 0.215. The molecule has 0 bridgehead atoms. The molecule has 4 aromatic rings. The Hall–Kier alpha value is -3.02. The number of fused-ring (bicyclic) bond motifs is 4. The number of aromatic nitrogens is 5. The average molecular weight is 413 g/mol. The van der Waals surface area contributed by atoms with E-state index in [4.69, 9.17) is 15.1 Å². The molecule has 0 radical (unpaired) electrons. The van der Waals surface area contributed by atoms with Crippen LogP contribution in [0.2, 0.25) is 0 Å². The Labute approximate surface area is 182 Å². The summed E-state index contributed by atoms with van der Waals surface area (Å²) in [4.78, 5) is 16.7. The maximum absolute atomic E-state index is 5.14. The first-order chi connectivity index (χ1) is 15.2. The SMILES string of the molecule is Cc1nc2cc(C3CCCCN3c3ncnc4cccc(C)c34)nn2c2c1CCCC2. The largest absolute Gasteiger partial charge is 0.347 e. The van der Waals surface area contributed by atoms with Gasteiger partial charge in [-0.1, -0.05) is 12.1 Å². The first-order valence-corrected chi connectivity index (χ1v) is 11.6. The minimum Gasteiger partial charge on any atom is -0.347 e. The van der Waals surface area contributed by atoms with Crippen LogP contribution in [0.4, 0.5) is 5.82 Å². The summed E-state index contributed by atoms with van der Waals surface area (Å²) in [6.45, 7) is 5.29. The van der Waals surface area contributed by atoms with Crippen molar-refractivity contribution in [3.8, 4) is 0 Å². The van der Waals surface area contributed by atoms with Crippen molar-refractivity contribution in [3.63, 3.8) is 0 Å². The summed E-state index contributed by atoms with van der Waals surface area (Å²) in [5.41, 5.74) is 8.28. The van der Waals surface area contributed by atoms with Crippen LogP contribution < -0.4 is 4.90 Å². The van der Waals surface area contributed by atoms with Gasteiger partial charge in [-0.25, -0.2) is 19.5 Å². The monoisotopic (exact) mass is 412 g/mol. The highest BCUT2D eigenvalue weighted by atomic mass is 15.3. The first-order valence-electron chi connectivity index (χ1n) is 11.6. The number of hydrogen-bond acceptors (Lipinski definition) is 5. The second-order valence-electron chi connectivity index (χ2n) is 9.04. The fourth-order valence-electron chi connectivity index (χ4n) is 5.55. The van der Waals surface area contributed by atoms with Gasteiger partial charge >= 0.3 is 0 Å². The van der Waals surface area contributed by atoms with E-state index in [2.05, 4.69) is 52.5 Å². The van der Waals surface area contributed by atoms with E-state index in [1.54, 1.807) is 6.33 Å². The van der Waals surface area contributed by atoms with Gasteiger partial charge < -0.3 is 4.90 Å². The Bertz CT molecular complexity index is 1290. The maximum atomic E-state index is 5.14. The van der Waals surface area contributed by atoms with E-state index in [-0.39, 0.29) is 6.04 Å². The number of anilines is 1. The molecule has 0 amide bonds. The molecule has 0 N–H and O–H groups in total. The maximum Gasteiger partial charge on any atom is 0.155 e. The van der Waals surface area contributed by atoms with Crippen LogP contribution >= 0.6 is 0 Å². The van der Waals surface area contributed by atoms with Gasteiger partial charge in [-0.05, 0) is 76.0 Å². The molecule has 1 unspecified atom stereocenters. The summed E-state index contributed by atoms with van der Waals surface area (Å²) in [7, 11) is 0. The summed E-state index contributed by atoms with van der Waals surface area (Å²) < 4.78 is 2.13. The Morgan fingerprint density at radius 1 is 1.00 bits per heavy atom. The molecule has 2 aliphatic rings. The Balaban J connectivity index is 1.49. The van der Waals surface area contributed by atoms with Crippen LogP contribution in [0.5, 0.6) is 0 Å². The van der Waals surface area contributed by atoms with Gasteiger partial charge in [0.2, 0.25) is 0 Å². The molecular weight excluding hydrogens is 384 g/mol. The fraction of sp³-hybridized carbons (Fsp3) is 0.440. The number of hydrogen-bond donors (Lipinski definition) is 0. The third kappa shape index (κ3) is 2.99. The van der Waals surface area contributed by atoms with Crippen LogP contribution in [0.1, 0.15) is 66.4 Å². The standard InChI is InChI=1S/C25H28N6/c1-16-8-7-10-19-24(16)25(27-15-26-19)30-13-6-5-12-22(30)20-14-23-28-17(2)18-9-3-4-11-21(18)31(23)29-20/h7-8,10,14-15,22H,3-6,9,11-13H2,1-2H3. The zero-order valence-corrected chi connectivity index (χ0v) is 18.3. The normalized spacial score (nSPS) is 19.2. The third-order valence-electron chi connectivity index (χ3n) is 7.09. The van der Waals surface area contributed by atoms with E-state index in [1.807, 2.05) is 0 Å². The van der Waals surface area contributed by atoms with Gasteiger partial charge in [-0.15, -0.1) is 0 Å². The van der Waals surface area contributed by atoms with E-state index >= 15 is 0 Å². The highest BCUT2D eigenvalue weighted by molar-refractivity contribution is 5.92. The topological polar surface area (TPSA) is 59.2 Å². The highest BCUT2D eigenvalue weighted by Crippen LogP contribution is 2.38. The van der Waals surface area contributed by atoms with Gasteiger partial charge in [0.25, 0.3) is 0 Å². The molecule has 3 aromatic heterocycles. The second-order valence-corrected chi connectivity index (χ2v) is 9.04. The van der Waals surface area contributed by atoms with Crippen molar-refractivity contribution in [1.29, 1.82) is 0 Å². The van der Waals surface area contributed by atoms with Crippen molar-refractivity contribution < 1.29 is 0 Å². The number of aryl methyl sites for hydroxylation is 3. The van der Waals surface area contributed by atoms with E-state index in [9.17, 15) is 0 Å². The molecule has 1 aliphatic heterocycles. The van der Waals surface area contributed by atoms with E-state index < -0.39 is 0 Å². The summed E-state index contributed by atoms with van der Waals surface area (Å²) in [6.07, 6.45) is 9.89. The number of benzene rings is 1. The molecule has 6 heteroatoms. The molecule has 31 heavy (non-hydrogen) atoms. The first kappa shape index (κ1) is 18.7. The predicted molar refractivity (Wildman–Crippen MR) is 123 cm³/mol. The lowest BCUT2D eigenvalue weighted by Gasteiger charge is -2.36. The highest BCUT2D eigenvalue weighted by Gasteiger charge is 2.30. The Morgan fingerprint density at radius 2 is 1.90 bits per heavy atom. The van der Waals surface area contributed by atoms with Crippen LogP contribution in [0.25, 0.3) is 16.6 Å². The van der Waals surface area contributed by atoms with Gasteiger partial charge in [0, 0.05) is 29.4 Å². The fourth-order valence-corrected chi connectivity index (χ4v) is 5.55.